The fraction of sp³-hybridized carbons (Fsp3) is 0.318. The van der Waals surface area contributed by atoms with Crippen LogP contribution < -0.4 is 10.1 Å². The normalized spacial score (nSPS) is 14.3. The van der Waals surface area contributed by atoms with Crippen molar-refractivity contribution in [2.45, 2.75) is 32.0 Å². The predicted octanol–water partition coefficient (Wildman–Crippen LogP) is 6.17. The third kappa shape index (κ3) is 5.14. The van der Waals surface area contributed by atoms with Crippen LogP contribution in [0.5, 0.6) is 5.75 Å². The van der Waals surface area contributed by atoms with Crippen LogP contribution in [0.4, 0.5) is 0 Å². The van der Waals surface area contributed by atoms with Gasteiger partial charge in [0.2, 0.25) is 0 Å². The van der Waals surface area contributed by atoms with E-state index in [1.807, 2.05) is 29.1 Å². The number of nitrogens with one attached hydrogen (secondary N) is 1. The van der Waals surface area contributed by atoms with E-state index in [2.05, 4.69) is 26.6 Å². The minimum absolute atomic E-state index is 0.191. The summed E-state index contributed by atoms with van der Waals surface area (Å²) in [4.78, 5) is 2.86. The number of hydrogen-bond acceptors (Lipinski definition) is 4. The molecule has 160 valence electrons. The number of ether oxygens (including phenoxy) is 1. The van der Waals surface area contributed by atoms with E-state index in [0.717, 1.165) is 42.6 Å². The molecule has 2 heterocycles. The van der Waals surface area contributed by atoms with E-state index in [1.54, 1.807) is 18.2 Å². The van der Waals surface area contributed by atoms with Crippen molar-refractivity contribution in [2.24, 2.45) is 5.11 Å². The van der Waals surface area contributed by atoms with Crippen LogP contribution in [0.15, 0.2) is 53.9 Å². The topological polar surface area (TPSA) is 87.8 Å². The lowest BCUT2D eigenvalue weighted by atomic mass is 10.1. The number of nitrogens with zero attached hydrogens (tertiary/aromatic N) is 5. The number of rotatable bonds is 7. The Labute approximate surface area is 190 Å². The van der Waals surface area contributed by atoms with Crippen LogP contribution in [0.2, 0.25) is 10.0 Å². The zero-order valence-corrected chi connectivity index (χ0v) is 18.4. The molecule has 3 aromatic rings. The van der Waals surface area contributed by atoms with E-state index in [-0.39, 0.29) is 13.2 Å². The molecule has 0 bridgehead atoms. The molecule has 1 aromatic heterocycles. The van der Waals surface area contributed by atoms with Crippen molar-refractivity contribution in [3.8, 4) is 16.9 Å². The van der Waals surface area contributed by atoms with Gasteiger partial charge in [-0.25, -0.2) is 0 Å². The molecule has 1 aliphatic rings. The second-order valence-corrected chi connectivity index (χ2v) is 8.20. The van der Waals surface area contributed by atoms with E-state index >= 15 is 0 Å². The van der Waals surface area contributed by atoms with Gasteiger partial charge in [-0.15, -0.1) is 0 Å². The third-order valence-electron chi connectivity index (χ3n) is 5.42. The monoisotopic (exact) mass is 456 g/mol. The Balaban J connectivity index is 1.60. The smallest absolute Gasteiger partial charge is 0.123 e. The maximum absolute atomic E-state index is 8.73. The summed E-state index contributed by atoms with van der Waals surface area (Å²) >= 11 is 12.6. The van der Waals surface area contributed by atoms with Crippen LogP contribution in [0.25, 0.3) is 21.6 Å². The standard InChI is InChI=1S/C22H22Cl2N6O/c23-20-2-1-3-21(24)19(20)14-31-22-10-15(4-5-16(22)11-27-29-25)17-12-28-30(13-17)18-6-8-26-9-7-18/h1-5,10,12-13,18,26H,6-9,11,14H2. The minimum Gasteiger partial charge on any atom is -0.488 e. The first-order chi connectivity index (χ1) is 15.2. The average Bonchev–Trinajstić information content (AvgIpc) is 3.29. The van der Waals surface area contributed by atoms with Crippen molar-refractivity contribution in [1.82, 2.24) is 15.1 Å². The molecule has 0 unspecified atom stereocenters. The van der Waals surface area contributed by atoms with Crippen LogP contribution in [0, 0.1) is 0 Å². The molecule has 0 radical (unpaired) electrons. The van der Waals surface area contributed by atoms with Crippen molar-refractivity contribution in [2.75, 3.05) is 13.1 Å². The van der Waals surface area contributed by atoms with E-state index in [0.29, 0.717) is 27.4 Å². The van der Waals surface area contributed by atoms with Gasteiger partial charge in [-0.1, -0.05) is 46.5 Å². The maximum atomic E-state index is 8.73. The van der Waals surface area contributed by atoms with Gasteiger partial charge < -0.3 is 10.1 Å². The first-order valence-electron chi connectivity index (χ1n) is 10.1. The van der Waals surface area contributed by atoms with E-state index in [4.69, 9.17) is 33.5 Å². The van der Waals surface area contributed by atoms with Gasteiger partial charge in [0, 0.05) is 32.3 Å². The zero-order chi connectivity index (χ0) is 21.6. The van der Waals surface area contributed by atoms with Gasteiger partial charge in [0.1, 0.15) is 12.4 Å². The summed E-state index contributed by atoms with van der Waals surface area (Å²) in [6, 6.07) is 11.6. The summed E-state index contributed by atoms with van der Waals surface area (Å²) < 4.78 is 8.13. The second kappa shape index (κ2) is 10.1. The first kappa shape index (κ1) is 21.5. The molecule has 4 rings (SSSR count). The van der Waals surface area contributed by atoms with Crippen molar-refractivity contribution in [1.29, 1.82) is 0 Å². The van der Waals surface area contributed by atoms with E-state index < -0.39 is 0 Å². The van der Waals surface area contributed by atoms with Crippen molar-refractivity contribution < 1.29 is 4.74 Å². The Morgan fingerprint density at radius 1 is 1.16 bits per heavy atom. The van der Waals surface area contributed by atoms with Crippen LogP contribution in [-0.2, 0) is 13.2 Å². The Morgan fingerprint density at radius 3 is 2.68 bits per heavy atom. The van der Waals surface area contributed by atoms with Crippen LogP contribution in [0.3, 0.4) is 0 Å². The lowest BCUT2D eigenvalue weighted by Crippen LogP contribution is -2.29. The molecule has 1 N–H and O–H groups in total. The number of benzene rings is 2. The molecule has 1 saturated heterocycles. The van der Waals surface area contributed by atoms with Gasteiger partial charge in [0.25, 0.3) is 0 Å². The Hall–Kier alpha value is -2.70. The van der Waals surface area contributed by atoms with Crippen molar-refractivity contribution in [3.63, 3.8) is 0 Å². The number of halogens is 2. The Morgan fingerprint density at radius 2 is 1.94 bits per heavy atom. The highest BCUT2D eigenvalue weighted by Crippen LogP contribution is 2.31. The summed E-state index contributed by atoms with van der Waals surface area (Å²) in [6.45, 7) is 2.42. The molecule has 31 heavy (non-hydrogen) atoms. The molecule has 0 spiro atoms. The highest BCUT2D eigenvalue weighted by molar-refractivity contribution is 6.35. The maximum Gasteiger partial charge on any atom is 0.123 e. The largest absolute Gasteiger partial charge is 0.488 e. The SMILES string of the molecule is [N-]=[N+]=NCc1ccc(-c2cnn(C3CCNCC3)c2)cc1OCc1c(Cl)cccc1Cl. The van der Waals surface area contributed by atoms with E-state index in [1.165, 1.54) is 0 Å². The lowest BCUT2D eigenvalue weighted by Gasteiger charge is -2.22. The molecular weight excluding hydrogens is 435 g/mol. The van der Waals surface area contributed by atoms with E-state index in [9.17, 15) is 0 Å². The van der Waals surface area contributed by atoms with Crippen LogP contribution >= 0.6 is 23.2 Å². The molecular formula is C22H22Cl2N6O. The fourth-order valence-corrected chi connectivity index (χ4v) is 4.19. The lowest BCUT2D eigenvalue weighted by molar-refractivity contribution is 0.303. The highest BCUT2D eigenvalue weighted by Gasteiger charge is 2.17. The summed E-state index contributed by atoms with van der Waals surface area (Å²) in [7, 11) is 0. The van der Waals surface area contributed by atoms with Gasteiger partial charge in [-0.2, -0.15) is 5.10 Å². The molecule has 0 atom stereocenters. The third-order valence-corrected chi connectivity index (χ3v) is 6.13. The number of aromatic nitrogens is 2. The number of azide groups is 1. The predicted molar refractivity (Wildman–Crippen MR) is 122 cm³/mol. The second-order valence-electron chi connectivity index (χ2n) is 7.39. The Bertz CT molecular complexity index is 1080. The first-order valence-corrected chi connectivity index (χ1v) is 10.9. The number of piperidine rings is 1. The molecule has 1 fully saturated rings. The molecule has 7 nitrogen and oxygen atoms in total. The van der Waals surface area contributed by atoms with Gasteiger partial charge in [0.05, 0.1) is 18.8 Å². The minimum atomic E-state index is 0.191. The average molecular weight is 457 g/mol. The summed E-state index contributed by atoms with van der Waals surface area (Å²) in [6.07, 6.45) is 6.09. The van der Waals surface area contributed by atoms with Gasteiger partial charge >= 0.3 is 0 Å². The van der Waals surface area contributed by atoms with Crippen molar-refractivity contribution in [3.05, 3.63) is 80.4 Å². The fourth-order valence-electron chi connectivity index (χ4n) is 3.69. The highest BCUT2D eigenvalue weighted by atomic mass is 35.5. The van der Waals surface area contributed by atoms with Crippen molar-refractivity contribution >= 4 is 23.2 Å². The van der Waals surface area contributed by atoms with Crippen LogP contribution in [0.1, 0.15) is 30.0 Å². The van der Waals surface area contributed by atoms with Crippen LogP contribution in [-0.4, -0.2) is 22.9 Å². The van der Waals surface area contributed by atoms with Gasteiger partial charge in [0.15, 0.2) is 0 Å². The van der Waals surface area contributed by atoms with Gasteiger partial charge in [-0.05, 0) is 60.8 Å². The zero-order valence-electron chi connectivity index (χ0n) is 16.8. The summed E-state index contributed by atoms with van der Waals surface area (Å²) in [5, 5.41) is 12.7. The Kier molecular flexibility index (Phi) is 6.99. The summed E-state index contributed by atoms with van der Waals surface area (Å²) in [5.41, 5.74) is 12.2. The molecule has 2 aromatic carbocycles. The van der Waals surface area contributed by atoms with Gasteiger partial charge in [-0.3, -0.25) is 4.68 Å². The molecule has 0 aliphatic carbocycles. The molecule has 0 amide bonds. The quantitative estimate of drug-likeness (QED) is 0.261. The number of hydrogen-bond donors (Lipinski definition) is 1. The summed E-state index contributed by atoms with van der Waals surface area (Å²) in [5.74, 6) is 0.621. The molecule has 9 heteroatoms. The molecule has 1 aliphatic heterocycles. The molecule has 0 saturated carbocycles.